The van der Waals surface area contributed by atoms with Gasteiger partial charge in [0.2, 0.25) is 0 Å². The van der Waals surface area contributed by atoms with Crippen LogP contribution in [0.15, 0.2) is 52.2 Å². The lowest BCUT2D eigenvalue weighted by Gasteiger charge is -2.09. The van der Waals surface area contributed by atoms with Gasteiger partial charge in [0.15, 0.2) is 11.0 Å². The molecule has 0 radical (unpaired) electrons. The van der Waals surface area contributed by atoms with E-state index in [-0.39, 0.29) is 6.10 Å². The molecule has 3 aromatic rings. The molecule has 7 heteroatoms. The lowest BCUT2D eigenvalue weighted by atomic mass is 10.2. The van der Waals surface area contributed by atoms with Gasteiger partial charge in [-0.25, -0.2) is 0 Å². The summed E-state index contributed by atoms with van der Waals surface area (Å²) >= 11 is 7.63. The van der Waals surface area contributed by atoms with Crippen molar-refractivity contribution in [3.8, 4) is 11.4 Å². The van der Waals surface area contributed by atoms with Crippen LogP contribution in [-0.2, 0) is 6.54 Å². The van der Waals surface area contributed by atoms with Crippen LogP contribution < -0.4 is 0 Å². The number of rotatable bonds is 8. The number of furan rings is 1. The van der Waals surface area contributed by atoms with E-state index in [2.05, 4.69) is 14.8 Å². The molecule has 0 aliphatic carbocycles. The van der Waals surface area contributed by atoms with Crippen LogP contribution in [-0.4, -0.2) is 31.7 Å². The van der Waals surface area contributed by atoms with Crippen molar-refractivity contribution in [1.82, 2.24) is 14.8 Å². The normalized spacial score (nSPS) is 12.4. The predicted octanol–water partition coefficient (Wildman–Crippen LogP) is 4.49. The highest BCUT2D eigenvalue weighted by Gasteiger charge is 2.16. The average molecular weight is 378 g/mol. The molecule has 25 heavy (non-hydrogen) atoms. The predicted molar refractivity (Wildman–Crippen MR) is 99.9 cm³/mol. The van der Waals surface area contributed by atoms with Gasteiger partial charge in [0, 0.05) is 16.3 Å². The number of halogens is 1. The minimum absolute atomic E-state index is 0.272. The lowest BCUT2D eigenvalue weighted by molar-refractivity contribution is 0.184. The first-order chi connectivity index (χ1) is 12.1. The Morgan fingerprint density at radius 2 is 2.04 bits per heavy atom. The summed E-state index contributed by atoms with van der Waals surface area (Å²) in [5, 5.41) is 19.6. The van der Waals surface area contributed by atoms with Gasteiger partial charge in [-0.1, -0.05) is 23.4 Å². The second-order valence-electron chi connectivity index (χ2n) is 5.82. The van der Waals surface area contributed by atoms with Gasteiger partial charge in [-0.05, 0) is 56.2 Å². The molecule has 0 spiro atoms. The maximum absolute atomic E-state index is 9.38. The van der Waals surface area contributed by atoms with Crippen molar-refractivity contribution in [3.63, 3.8) is 0 Å². The van der Waals surface area contributed by atoms with Crippen molar-refractivity contribution in [2.45, 2.75) is 37.6 Å². The molecule has 2 heterocycles. The van der Waals surface area contributed by atoms with E-state index in [1.807, 2.05) is 43.3 Å². The minimum Gasteiger partial charge on any atom is -0.467 e. The molecule has 1 N–H and O–H groups in total. The first-order valence-corrected chi connectivity index (χ1v) is 9.52. The quantitative estimate of drug-likeness (QED) is 0.462. The Kier molecular flexibility index (Phi) is 6.18. The third-order valence-corrected chi connectivity index (χ3v) is 5.02. The molecular weight excluding hydrogens is 358 g/mol. The van der Waals surface area contributed by atoms with Gasteiger partial charge in [-0.3, -0.25) is 4.57 Å². The van der Waals surface area contributed by atoms with E-state index in [1.54, 1.807) is 18.0 Å². The molecule has 132 valence electrons. The minimum atomic E-state index is -0.272. The molecule has 0 bridgehead atoms. The Balaban J connectivity index is 1.83. The molecule has 0 aliphatic heterocycles. The van der Waals surface area contributed by atoms with Gasteiger partial charge in [0.1, 0.15) is 5.76 Å². The Morgan fingerprint density at radius 3 is 2.72 bits per heavy atom. The smallest absolute Gasteiger partial charge is 0.191 e. The van der Waals surface area contributed by atoms with Crippen molar-refractivity contribution in [2.24, 2.45) is 0 Å². The van der Waals surface area contributed by atoms with Gasteiger partial charge >= 0.3 is 0 Å². The molecule has 3 rings (SSSR count). The first kappa shape index (κ1) is 18.0. The Morgan fingerprint density at radius 1 is 1.24 bits per heavy atom. The standard InChI is InChI=1S/C18H20ClN3O2S/c1-13(23)4-3-11-25-18-21-20-17(14-6-8-15(19)9-7-14)22(18)12-16-5-2-10-24-16/h2,5-10,13,23H,3-4,11-12H2,1H3/t13-/m1/s1. The molecule has 0 aliphatic rings. The van der Waals surface area contributed by atoms with Crippen molar-refractivity contribution in [3.05, 3.63) is 53.4 Å². The van der Waals surface area contributed by atoms with Crippen molar-refractivity contribution in [2.75, 3.05) is 5.75 Å². The van der Waals surface area contributed by atoms with Crippen LogP contribution in [0.5, 0.6) is 0 Å². The third-order valence-electron chi connectivity index (χ3n) is 3.71. The summed E-state index contributed by atoms with van der Waals surface area (Å²) in [5.74, 6) is 2.51. The maximum Gasteiger partial charge on any atom is 0.191 e. The molecule has 0 fully saturated rings. The zero-order chi connectivity index (χ0) is 17.6. The summed E-state index contributed by atoms with van der Waals surface area (Å²) in [4.78, 5) is 0. The van der Waals surface area contributed by atoms with Crippen LogP contribution in [0, 0.1) is 0 Å². The Bertz CT molecular complexity index is 785. The van der Waals surface area contributed by atoms with Gasteiger partial charge in [0.05, 0.1) is 18.9 Å². The Hall–Kier alpha value is -1.76. The number of aliphatic hydroxyl groups excluding tert-OH is 1. The van der Waals surface area contributed by atoms with Crippen molar-refractivity contribution in [1.29, 1.82) is 0 Å². The van der Waals surface area contributed by atoms with Gasteiger partial charge in [-0.2, -0.15) is 0 Å². The fraction of sp³-hybridized carbons (Fsp3) is 0.333. The number of nitrogens with zero attached hydrogens (tertiary/aromatic N) is 3. The SMILES string of the molecule is C[C@@H](O)CCCSc1nnc(-c2ccc(Cl)cc2)n1Cc1ccco1. The van der Waals surface area contributed by atoms with Crippen molar-refractivity contribution >= 4 is 23.4 Å². The number of thioether (sulfide) groups is 1. The molecule has 1 atom stereocenters. The molecule has 0 unspecified atom stereocenters. The summed E-state index contributed by atoms with van der Waals surface area (Å²) in [6, 6.07) is 11.4. The fourth-order valence-corrected chi connectivity index (χ4v) is 3.48. The monoisotopic (exact) mass is 377 g/mol. The third kappa shape index (κ3) is 4.87. The van der Waals surface area contributed by atoms with Gasteiger partial charge in [-0.15, -0.1) is 10.2 Å². The first-order valence-electron chi connectivity index (χ1n) is 8.16. The zero-order valence-electron chi connectivity index (χ0n) is 13.9. The van der Waals surface area contributed by atoms with E-state index in [0.717, 1.165) is 40.9 Å². The van der Waals surface area contributed by atoms with Gasteiger partial charge in [0.25, 0.3) is 0 Å². The fourth-order valence-electron chi connectivity index (χ4n) is 2.45. The lowest BCUT2D eigenvalue weighted by Crippen LogP contribution is -2.04. The van der Waals surface area contributed by atoms with E-state index < -0.39 is 0 Å². The van der Waals surface area contributed by atoms with E-state index in [1.165, 1.54) is 0 Å². The summed E-state index contributed by atoms with van der Waals surface area (Å²) in [6.45, 7) is 2.37. The molecule has 1 aromatic carbocycles. The number of benzene rings is 1. The van der Waals surface area contributed by atoms with Crippen LogP contribution in [0.3, 0.4) is 0 Å². The molecule has 0 amide bonds. The number of hydrogen-bond donors (Lipinski definition) is 1. The number of aromatic nitrogens is 3. The highest BCUT2D eigenvalue weighted by Crippen LogP contribution is 2.27. The average Bonchev–Trinajstić information content (AvgIpc) is 3.23. The van der Waals surface area contributed by atoms with Crippen LogP contribution in [0.4, 0.5) is 0 Å². The topological polar surface area (TPSA) is 64.1 Å². The molecule has 5 nitrogen and oxygen atoms in total. The summed E-state index contributed by atoms with van der Waals surface area (Å²) in [5.41, 5.74) is 0.958. The Labute approximate surface area is 156 Å². The highest BCUT2D eigenvalue weighted by molar-refractivity contribution is 7.99. The number of hydrogen-bond acceptors (Lipinski definition) is 5. The summed E-state index contributed by atoms with van der Waals surface area (Å²) in [6.07, 6.45) is 3.10. The number of aliphatic hydroxyl groups is 1. The van der Waals surface area contributed by atoms with Gasteiger partial charge < -0.3 is 9.52 Å². The van der Waals surface area contributed by atoms with E-state index in [0.29, 0.717) is 11.6 Å². The molecule has 0 saturated heterocycles. The molecular formula is C18H20ClN3O2S. The molecule has 0 saturated carbocycles. The van der Waals surface area contributed by atoms with Crippen LogP contribution in [0.1, 0.15) is 25.5 Å². The van der Waals surface area contributed by atoms with E-state index >= 15 is 0 Å². The summed E-state index contributed by atoms with van der Waals surface area (Å²) < 4.78 is 7.54. The summed E-state index contributed by atoms with van der Waals surface area (Å²) in [7, 11) is 0. The largest absolute Gasteiger partial charge is 0.467 e. The maximum atomic E-state index is 9.38. The molecule has 2 aromatic heterocycles. The highest BCUT2D eigenvalue weighted by atomic mass is 35.5. The van der Waals surface area contributed by atoms with Crippen LogP contribution in [0.2, 0.25) is 5.02 Å². The second-order valence-corrected chi connectivity index (χ2v) is 7.32. The van der Waals surface area contributed by atoms with E-state index in [9.17, 15) is 5.11 Å². The second kappa shape index (κ2) is 8.56. The zero-order valence-corrected chi connectivity index (χ0v) is 15.5. The van der Waals surface area contributed by atoms with Crippen LogP contribution in [0.25, 0.3) is 11.4 Å². The van der Waals surface area contributed by atoms with Crippen LogP contribution >= 0.6 is 23.4 Å². The van der Waals surface area contributed by atoms with E-state index in [4.69, 9.17) is 16.0 Å². The van der Waals surface area contributed by atoms with Crippen molar-refractivity contribution < 1.29 is 9.52 Å².